The largest absolute Gasteiger partial charge is 0.261 e. The maximum atomic E-state index is 4.45. The Balaban J connectivity index is 0.00000163. The smallest absolute Gasteiger partial charge is 0.0451 e. The van der Waals surface area contributed by atoms with Gasteiger partial charge in [0.25, 0.3) is 0 Å². The minimum atomic E-state index is 0.537. The standard InChI is InChI=1S/C23H29N.C2H6/c1-7-10-17(5)23-15-19(12-13-21(23)16(3)4)20(8-2)22-11-9-14-24-18(22)6;1-2/h8-9,11-15,17H,3,7,10H2,1-2,4-6H3;1-2H3/b20-8-;. The Morgan fingerprint density at radius 3 is 2.42 bits per heavy atom. The number of rotatable bonds is 6. The Morgan fingerprint density at radius 2 is 1.88 bits per heavy atom. The third-order valence-electron chi connectivity index (χ3n) is 4.66. The van der Waals surface area contributed by atoms with Gasteiger partial charge in [-0.3, -0.25) is 4.98 Å². The molecule has 0 radical (unpaired) electrons. The summed E-state index contributed by atoms with van der Waals surface area (Å²) < 4.78 is 0. The molecule has 0 saturated heterocycles. The number of allylic oxidation sites excluding steroid dienone is 2. The summed E-state index contributed by atoms with van der Waals surface area (Å²) in [6.07, 6.45) is 6.43. The van der Waals surface area contributed by atoms with E-state index in [1.165, 1.54) is 40.7 Å². The van der Waals surface area contributed by atoms with Crippen molar-refractivity contribution in [3.63, 3.8) is 0 Å². The second-order valence-corrected chi connectivity index (χ2v) is 6.61. The Hall–Kier alpha value is -2.15. The van der Waals surface area contributed by atoms with Crippen LogP contribution in [0.15, 0.2) is 49.2 Å². The molecule has 1 aromatic carbocycles. The maximum absolute atomic E-state index is 4.45. The van der Waals surface area contributed by atoms with Gasteiger partial charge in [-0.15, -0.1) is 0 Å². The van der Waals surface area contributed by atoms with Crippen molar-refractivity contribution >= 4 is 11.1 Å². The summed E-state index contributed by atoms with van der Waals surface area (Å²) in [7, 11) is 0. The molecule has 1 atom stereocenters. The molecule has 2 aromatic rings. The van der Waals surface area contributed by atoms with Crippen LogP contribution in [0.2, 0.25) is 0 Å². The molecule has 2 rings (SSSR count). The third kappa shape index (κ3) is 5.17. The lowest BCUT2D eigenvalue weighted by molar-refractivity contribution is 0.663. The van der Waals surface area contributed by atoms with Gasteiger partial charge < -0.3 is 0 Å². The Bertz CT molecular complexity index is 752. The number of aromatic nitrogens is 1. The Morgan fingerprint density at radius 1 is 1.19 bits per heavy atom. The van der Waals surface area contributed by atoms with E-state index in [-0.39, 0.29) is 0 Å². The SMILES string of the molecule is C=C(C)c1ccc(/C(=C/C)c2cccnc2C)cc1C(C)CCC.CC. The first kappa shape index (κ1) is 21.9. The molecule has 0 amide bonds. The molecule has 1 nitrogen and oxygen atoms in total. The predicted octanol–water partition coefficient (Wildman–Crippen LogP) is 7.80. The highest BCUT2D eigenvalue weighted by molar-refractivity contribution is 5.82. The number of nitrogens with zero attached hydrogens (tertiary/aromatic N) is 1. The number of aryl methyl sites for hydroxylation is 1. The van der Waals surface area contributed by atoms with Crippen LogP contribution in [0.25, 0.3) is 11.1 Å². The lowest BCUT2D eigenvalue weighted by Crippen LogP contribution is -2.01. The molecule has 0 aliphatic heterocycles. The molecule has 1 heterocycles. The lowest BCUT2D eigenvalue weighted by Gasteiger charge is -2.19. The molecular weight excluding hydrogens is 314 g/mol. The van der Waals surface area contributed by atoms with Crippen molar-refractivity contribution in [2.75, 3.05) is 0 Å². The summed E-state index contributed by atoms with van der Waals surface area (Å²) in [5.41, 5.74) is 8.62. The second-order valence-electron chi connectivity index (χ2n) is 6.61. The summed E-state index contributed by atoms with van der Waals surface area (Å²) in [5.74, 6) is 0.537. The van der Waals surface area contributed by atoms with Gasteiger partial charge in [-0.25, -0.2) is 0 Å². The van der Waals surface area contributed by atoms with Crippen LogP contribution in [0, 0.1) is 6.92 Å². The van der Waals surface area contributed by atoms with E-state index in [2.05, 4.69) is 76.5 Å². The van der Waals surface area contributed by atoms with Crippen molar-refractivity contribution in [1.82, 2.24) is 4.98 Å². The minimum Gasteiger partial charge on any atom is -0.261 e. The van der Waals surface area contributed by atoms with Crippen LogP contribution in [0.3, 0.4) is 0 Å². The fourth-order valence-electron chi connectivity index (χ4n) is 3.36. The first-order valence-corrected chi connectivity index (χ1v) is 9.88. The zero-order valence-corrected chi connectivity index (χ0v) is 17.7. The highest BCUT2D eigenvalue weighted by Gasteiger charge is 2.14. The predicted molar refractivity (Wildman–Crippen MR) is 118 cm³/mol. The van der Waals surface area contributed by atoms with E-state index in [1.807, 2.05) is 26.1 Å². The van der Waals surface area contributed by atoms with E-state index < -0.39 is 0 Å². The van der Waals surface area contributed by atoms with Gasteiger partial charge in [0.15, 0.2) is 0 Å². The molecule has 0 aliphatic carbocycles. The summed E-state index contributed by atoms with van der Waals surface area (Å²) in [4.78, 5) is 4.45. The quantitative estimate of drug-likeness (QED) is 0.518. The summed E-state index contributed by atoms with van der Waals surface area (Å²) in [6, 6.07) is 11.0. The molecule has 0 fully saturated rings. The van der Waals surface area contributed by atoms with Crippen LogP contribution in [0.1, 0.15) is 88.2 Å². The third-order valence-corrected chi connectivity index (χ3v) is 4.66. The monoisotopic (exact) mass is 349 g/mol. The van der Waals surface area contributed by atoms with Crippen molar-refractivity contribution in [2.24, 2.45) is 0 Å². The van der Waals surface area contributed by atoms with Crippen molar-refractivity contribution < 1.29 is 0 Å². The maximum Gasteiger partial charge on any atom is 0.0451 e. The number of pyridine rings is 1. The molecular formula is C25H35N. The molecule has 0 saturated carbocycles. The fourth-order valence-corrected chi connectivity index (χ4v) is 3.36. The van der Waals surface area contributed by atoms with Gasteiger partial charge in [-0.1, -0.05) is 76.6 Å². The summed E-state index contributed by atoms with van der Waals surface area (Å²) >= 11 is 0. The molecule has 140 valence electrons. The van der Waals surface area contributed by atoms with Gasteiger partial charge in [0.2, 0.25) is 0 Å². The van der Waals surface area contributed by atoms with Crippen LogP contribution in [-0.4, -0.2) is 4.98 Å². The average Bonchev–Trinajstić information content (AvgIpc) is 2.65. The molecule has 0 aliphatic rings. The zero-order valence-electron chi connectivity index (χ0n) is 17.7. The van der Waals surface area contributed by atoms with Crippen LogP contribution in [-0.2, 0) is 0 Å². The van der Waals surface area contributed by atoms with Crippen LogP contribution < -0.4 is 0 Å². The zero-order chi connectivity index (χ0) is 19.7. The van der Waals surface area contributed by atoms with Gasteiger partial charge >= 0.3 is 0 Å². The van der Waals surface area contributed by atoms with Gasteiger partial charge in [0, 0.05) is 17.5 Å². The molecule has 1 heteroatoms. The molecule has 0 spiro atoms. The lowest BCUT2D eigenvalue weighted by atomic mass is 9.86. The normalized spacial score (nSPS) is 12.2. The van der Waals surface area contributed by atoms with Gasteiger partial charge in [-0.2, -0.15) is 0 Å². The van der Waals surface area contributed by atoms with E-state index in [0.29, 0.717) is 5.92 Å². The highest BCUT2D eigenvalue weighted by atomic mass is 14.7. The van der Waals surface area contributed by atoms with Crippen molar-refractivity contribution in [3.8, 4) is 0 Å². The van der Waals surface area contributed by atoms with Gasteiger partial charge in [0.1, 0.15) is 0 Å². The van der Waals surface area contributed by atoms with Crippen molar-refractivity contribution in [3.05, 3.63) is 77.1 Å². The molecule has 1 unspecified atom stereocenters. The fraction of sp³-hybridized carbons (Fsp3) is 0.400. The van der Waals surface area contributed by atoms with E-state index >= 15 is 0 Å². The summed E-state index contributed by atoms with van der Waals surface area (Å²) in [6.45, 7) is 19.0. The van der Waals surface area contributed by atoms with Crippen LogP contribution in [0.5, 0.6) is 0 Å². The number of benzene rings is 1. The number of hydrogen-bond acceptors (Lipinski definition) is 1. The van der Waals surface area contributed by atoms with E-state index in [0.717, 1.165) is 11.3 Å². The highest BCUT2D eigenvalue weighted by Crippen LogP contribution is 2.33. The topological polar surface area (TPSA) is 12.9 Å². The summed E-state index contributed by atoms with van der Waals surface area (Å²) in [5, 5.41) is 0. The molecule has 0 N–H and O–H groups in total. The van der Waals surface area contributed by atoms with E-state index in [9.17, 15) is 0 Å². The second kappa shape index (κ2) is 10.8. The van der Waals surface area contributed by atoms with Gasteiger partial charge in [0.05, 0.1) is 0 Å². The van der Waals surface area contributed by atoms with Crippen molar-refractivity contribution in [2.45, 2.75) is 67.2 Å². The average molecular weight is 350 g/mol. The minimum absolute atomic E-state index is 0.537. The van der Waals surface area contributed by atoms with E-state index in [1.54, 1.807) is 0 Å². The van der Waals surface area contributed by atoms with Crippen LogP contribution >= 0.6 is 0 Å². The van der Waals surface area contributed by atoms with Crippen LogP contribution in [0.4, 0.5) is 0 Å². The number of hydrogen-bond donors (Lipinski definition) is 0. The molecule has 1 aromatic heterocycles. The first-order valence-electron chi connectivity index (χ1n) is 9.88. The molecule has 0 bridgehead atoms. The Kier molecular flexibility index (Phi) is 9.05. The van der Waals surface area contributed by atoms with Crippen molar-refractivity contribution in [1.29, 1.82) is 0 Å². The molecule has 26 heavy (non-hydrogen) atoms. The van der Waals surface area contributed by atoms with Gasteiger partial charge in [-0.05, 0) is 61.4 Å². The Labute approximate surface area is 160 Å². The van der Waals surface area contributed by atoms with E-state index in [4.69, 9.17) is 0 Å². The first-order chi connectivity index (χ1) is 12.5.